The summed E-state index contributed by atoms with van der Waals surface area (Å²) in [4.78, 5) is 0. The molecular weight excluding hydrogens is 757 g/mol. The summed E-state index contributed by atoms with van der Waals surface area (Å²) < 4.78 is 0. The molecule has 0 amide bonds. The molecular formula is C63H42. The standard InChI is InChI=1S/C63H42/c1-3-17-51(18-4-1)63(52-19-5-2-6-20-52)59-26-14-13-21-53(59)54-40-39-50(42-60(54)63)62-57-24-11-9-22-55(57)61(56-23-10-12-25-58(56)62)47-35-31-44(32-36-47)28-27-43-29-33-46(34-30-43)49-38-37-45-15-7-8-16-48(45)41-49/h1-42H. The van der Waals surface area contributed by atoms with E-state index in [0.717, 1.165) is 0 Å². The Labute approximate surface area is 368 Å². The van der Waals surface area contributed by atoms with Crippen molar-refractivity contribution in [1.29, 1.82) is 0 Å². The number of hydrogen-bond acceptors (Lipinski definition) is 0. The summed E-state index contributed by atoms with van der Waals surface area (Å²) >= 11 is 0. The second kappa shape index (κ2) is 15.1. The van der Waals surface area contributed by atoms with E-state index in [1.165, 1.54) is 110 Å². The van der Waals surface area contributed by atoms with Crippen LogP contribution in [0.25, 0.3) is 89.0 Å². The van der Waals surface area contributed by atoms with Crippen molar-refractivity contribution in [1.82, 2.24) is 0 Å². The molecule has 11 aromatic rings. The Bertz CT molecular complexity index is 3420. The fraction of sp³-hybridized carbons (Fsp3) is 0.0159. The van der Waals surface area contributed by atoms with Gasteiger partial charge in [-0.05, 0) is 122 Å². The van der Waals surface area contributed by atoms with Gasteiger partial charge in [-0.3, -0.25) is 0 Å². The third kappa shape index (κ3) is 6.06. The topological polar surface area (TPSA) is 0 Å². The van der Waals surface area contributed by atoms with Crippen LogP contribution in [0.5, 0.6) is 0 Å². The molecule has 0 saturated heterocycles. The van der Waals surface area contributed by atoms with E-state index in [4.69, 9.17) is 0 Å². The number of rotatable bonds is 7. The van der Waals surface area contributed by atoms with Crippen molar-refractivity contribution in [3.8, 4) is 44.5 Å². The van der Waals surface area contributed by atoms with Gasteiger partial charge in [0.25, 0.3) is 0 Å². The average molecular weight is 799 g/mol. The Morgan fingerprint density at radius 2 is 0.714 bits per heavy atom. The van der Waals surface area contributed by atoms with Gasteiger partial charge in [-0.25, -0.2) is 0 Å². The summed E-state index contributed by atoms with van der Waals surface area (Å²) in [6.45, 7) is 0. The first-order valence-electron chi connectivity index (χ1n) is 21.9. The minimum Gasteiger partial charge on any atom is -0.0622 e. The van der Waals surface area contributed by atoms with Crippen LogP contribution in [0.2, 0.25) is 0 Å². The molecule has 1 aliphatic carbocycles. The van der Waals surface area contributed by atoms with E-state index >= 15 is 0 Å². The summed E-state index contributed by atoms with van der Waals surface area (Å²) in [6, 6.07) is 89.5. The van der Waals surface area contributed by atoms with Crippen molar-refractivity contribution in [3.05, 3.63) is 276 Å². The third-order valence-electron chi connectivity index (χ3n) is 13.3. The molecule has 11 aromatic carbocycles. The van der Waals surface area contributed by atoms with Gasteiger partial charge in [0.15, 0.2) is 0 Å². The molecule has 0 spiro atoms. The number of hydrogen-bond donors (Lipinski definition) is 0. The van der Waals surface area contributed by atoms with Crippen molar-refractivity contribution in [2.24, 2.45) is 0 Å². The Balaban J connectivity index is 0.943. The van der Waals surface area contributed by atoms with Gasteiger partial charge >= 0.3 is 0 Å². The van der Waals surface area contributed by atoms with E-state index in [-0.39, 0.29) is 0 Å². The van der Waals surface area contributed by atoms with Gasteiger partial charge in [0.2, 0.25) is 0 Å². The molecule has 12 rings (SSSR count). The van der Waals surface area contributed by atoms with Crippen LogP contribution in [0.1, 0.15) is 33.4 Å². The molecule has 0 radical (unpaired) electrons. The zero-order chi connectivity index (χ0) is 41.7. The highest BCUT2D eigenvalue weighted by Gasteiger charge is 2.46. The van der Waals surface area contributed by atoms with Crippen molar-refractivity contribution in [3.63, 3.8) is 0 Å². The van der Waals surface area contributed by atoms with Crippen LogP contribution in [0.3, 0.4) is 0 Å². The SMILES string of the molecule is C(=Cc1ccc(-c2c3ccccc3c(-c3ccc4c(c3)C(c3ccccc3)(c3ccccc3)c3ccccc3-4)c3ccccc23)cc1)c1ccc(-c2ccc3ccccc3c2)cc1. The molecule has 0 saturated carbocycles. The number of benzene rings is 11. The molecule has 0 aliphatic heterocycles. The molecule has 63 heavy (non-hydrogen) atoms. The zero-order valence-corrected chi connectivity index (χ0v) is 34.7. The van der Waals surface area contributed by atoms with Gasteiger partial charge in [0.05, 0.1) is 5.41 Å². The van der Waals surface area contributed by atoms with Gasteiger partial charge in [0.1, 0.15) is 0 Å². The Hall–Kier alpha value is -8.06. The number of fused-ring (bicyclic) bond motifs is 6. The van der Waals surface area contributed by atoms with E-state index in [9.17, 15) is 0 Å². The van der Waals surface area contributed by atoms with Crippen molar-refractivity contribution in [2.75, 3.05) is 0 Å². The van der Waals surface area contributed by atoms with E-state index in [2.05, 4.69) is 255 Å². The van der Waals surface area contributed by atoms with Gasteiger partial charge in [-0.1, -0.05) is 243 Å². The average Bonchev–Trinajstić information content (AvgIpc) is 3.66. The third-order valence-corrected chi connectivity index (χ3v) is 13.3. The van der Waals surface area contributed by atoms with Crippen LogP contribution in [0.4, 0.5) is 0 Å². The molecule has 0 fully saturated rings. The van der Waals surface area contributed by atoms with E-state index in [1.807, 2.05) is 0 Å². The quantitative estimate of drug-likeness (QED) is 0.111. The van der Waals surface area contributed by atoms with Crippen molar-refractivity contribution >= 4 is 44.5 Å². The zero-order valence-electron chi connectivity index (χ0n) is 34.7. The predicted molar refractivity (Wildman–Crippen MR) is 268 cm³/mol. The smallest absolute Gasteiger partial charge is 0.0622 e. The monoisotopic (exact) mass is 798 g/mol. The second-order valence-electron chi connectivity index (χ2n) is 16.8. The molecule has 0 atom stereocenters. The van der Waals surface area contributed by atoms with Gasteiger partial charge in [0, 0.05) is 0 Å². The minimum atomic E-state index is -0.465. The highest BCUT2D eigenvalue weighted by molar-refractivity contribution is 6.21. The molecule has 0 unspecified atom stereocenters. The van der Waals surface area contributed by atoms with E-state index in [0.29, 0.717) is 0 Å². The summed E-state index contributed by atoms with van der Waals surface area (Å²) in [7, 11) is 0. The molecule has 0 nitrogen and oxygen atoms in total. The van der Waals surface area contributed by atoms with Crippen LogP contribution in [-0.4, -0.2) is 0 Å². The molecule has 0 heterocycles. The fourth-order valence-corrected chi connectivity index (χ4v) is 10.5. The maximum atomic E-state index is 2.50. The summed E-state index contributed by atoms with van der Waals surface area (Å²) in [5.41, 5.74) is 17.1. The molecule has 0 N–H and O–H groups in total. The molecule has 0 bridgehead atoms. The maximum Gasteiger partial charge on any atom is 0.0713 e. The first-order chi connectivity index (χ1) is 31.2. The molecule has 1 aliphatic rings. The molecule has 294 valence electrons. The second-order valence-corrected chi connectivity index (χ2v) is 16.8. The maximum absolute atomic E-state index is 2.50. The lowest BCUT2D eigenvalue weighted by atomic mass is 9.67. The first-order valence-corrected chi connectivity index (χ1v) is 21.9. The lowest BCUT2D eigenvalue weighted by Gasteiger charge is -2.34. The molecule has 0 aromatic heterocycles. The van der Waals surface area contributed by atoms with Crippen LogP contribution in [-0.2, 0) is 5.41 Å². The van der Waals surface area contributed by atoms with Crippen molar-refractivity contribution in [2.45, 2.75) is 5.41 Å². The molecule has 0 heteroatoms. The predicted octanol–water partition coefficient (Wildman–Crippen LogP) is 16.7. The van der Waals surface area contributed by atoms with Crippen LogP contribution in [0.15, 0.2) is 243 Å². The highest BCUT2D eigenvalue weighted by atomic mass is 14.5. The van der Waals surface area contributed by atoms with Crippen LogP contribution < -0.4 is 0 Å². The highest BCUT2D eigenvalue weighted by Crippen LogP contribution is 2.57. The van der Waals surface area contributed by atoms with Crippen LogP contribution in [0, 0.1) is 0 Å². The fourth-order valence-electron chi connectivity index (χ4n) is 10.5. The summed E-state index contributed by atoms with van der Waals surface area (Å²) in [6.07, 6.45) is 4.42. The first kappa shape index (κ1) is 36.8. The lowest BCUT2D eigenvalue weighted by molar-refractivity contribution is 0.769. The van der Waals surface area contributed by atoms with Gasteiger partial charge in [-0.15, -0.1) is 0 Å². The Morgan fingerprint density at radius 1 is 0.270 bits per heavy atom. The lowest BCUT2D eigenvalue weighted by Crippen LogP contribution is -2.28. The van der Waals surface area contributed by atoms with E-state index in [1.54, 1.807) is 0 Å². The van der Waals surface area contributed by atoms with Crippen LogP contribution >= 0.6 is 0 Å². The van der Waals surface area contributed by atoms with Gasteiger partial charge in [-0.2, -0.15) is 0 Å². The van der Waals surface area contributed by atoms with E-state index < -0.39 is 5.41 Å². The van der Waals surface area contributed by atoms with Crippen molar-refractivity contribution < 1.29 is 0 Å². The summed E-state index contributed by atoms with van der Waals surface area (Å²) in [5, 5.41) is 7.54. The Morgan fingerprint density at radius 3 is 1.32 bits per heavy atom. The normalized spacial score (nSPS) is 12.8. The minimum absolute atomic E-state index is 0.465. The largest absolute Gasteiger partial charge is 0.0713 e. The van der Waals surface area contributed by atoms with Gasteiger partial charge < -0.3 is 0 Å². The summed E-state index contributed by atoms with van der Waals surface area (Å²) in [5.74, 6) is 0. The Kier molecular flexibility index (Phi) is 8.83.